The maximum absolute atomic E-state index is 11.0. The van der Waals surface area contributed by atoms with Gasteiger partial charge in [-0.05, 0) is 37.5 Å². The molecule has 13 heavy (non-hydrogen) atoms. The van der Waals surface area contributed by atoms with Gasteiger partial charge in [0.1, 0.15) is 0 Å². The topological polar surface area (TPSA) is 55.1 Å². The van der Waals surface area contributed by atoms with Gasteiger partial charge in [0.25, 0.3) is 5.91 Å². The van der Waals surface area contributed by atoms with Gasteiger partial charge in [-0.15, -0.1) is 12.4 Å². The van der Waals surface area contributed by atoms with E-state index < -0.39 is 0 Å². The van der Waals surface area contributed by atoms with E-state index in [4.69, 9.17) is 5.84 Å². The summed E-state index contributed by atoms with van der Waals surface area (Å²) in [4.78, 5) is 11.0. The number of hydrogen-bond donors (Lipinski definition) is 2. The molecule has 0 radical (unpaired) electrons. The first kappa shape index (κ1) is 10.5. The number of nitrogens with two attached hydrogens (primary N) is 1. The summed E-state index contributed by atoms with van der Waals surface area (Å²) in [7, 11) is 0. The minimum Gasteiger partial charge on any atom is -0.291 e. The van der Waals surface area contributed by atoms with Crippen LogP contribution in [0.15, 0.2) is 11.6 Å². The summed E-state index contributed by atoms with van der Waals surface area (Å²) < 4.78 is 0. The summed E-state index contributed by atoms with van der Waals surface area (Å²) in [5.74, 6) is 6.28. The molecule has 0 aromatic carbocycles. The zero-order valence-electron chi connectivity index (χ0n) is 7.45. The molecule has 0 heterocycles. The average Bonchev–Trinajstić information content (AvgIpc) is 2.87. The molecule has 2 aliphatic rings. The molecule has 2 rings (SSSR count). The van der Waals surface area contributed by atoms with Crippen molar-refractivity contribution in [2.45, 2.75) is 25.7 Å². The summed E-state index contributed by atoms with van der Waals surface area (Å²) in [6.45, 7) is 0. The van der Waals surface area contributed by atoms with Gasteiger partial charge in [-0.3, -0.25) is 10.2 Å². The van der Waals surface area contributed by atoms with Gasteiger partial charge in [0.15, 0.2) is 0 Å². The van der Waals surface area contributed by atoms with Gasteiger partial charge < -0.3 is 0 Å². The first-order valence-electron chi connectivity index (χ1n) is 4.53. The monoisotopic (exact) mass is 202 g/mol. The van der Waals surface area contributed by atoms with Crippen molar-refractivity contribution in [2.75, 3.05) is 0 Å². The van der Waals surface area contributed by atoms with Crippen LogP contribution in [0.2, 0.25) is 0 Å². The molecule has 0 aromatic rings. The predicted octanol–water partition coefficient (Wildman–Crippen LogP) is 1.14. The lowest BCUT2D eigenvalue weighted by Crippen LogP contribution is -2.28. The highest BCUT2D eigenvalue weighted by atomic mass is 35.5. The van der Waals surface area contributed by atoms with E-state index in [2.05, 4.69) is 5.43 Å². The molecule has 3 N–H and O–H groups in total. The molecule has 0 spiro atoms. The van der Waals surface area contributed by atoms with Crippen molar-refractivity contribution >= 4 is 18.3 Å². The minimum atomic E-state index is -0.149. The highest BCUT2D eigenvalue weighted by Crippen LogP contribution is 2.48. The third-order valence-electron chi connectivity index (χ3n) is 2.54. The molecule has 2 aliphatic carbocycles. The third-order valence-corrected chi connectivity index (χ3v) is 2.54. The van der Waals surface area contributed by atoms with Gasteiger partial charge >= 0.3 is 0 Å². The standard InChI is InChI=1S/C9H14N2O.ClH/c10-11-9(12)5-8(6-1-2-6)7-3-4-7;/h5-7H,1-4,10H2,(H,11,12);1H. The molecule has 0 aromatic heterocycles. The van der Waals surface area contributed by atoms with Crippen LogP contribution in [0, 0.1) is 11.8 Å². The lowest BCUT2D eigenvalue weighted by molar-refractivity contribution is -0.116. The second kappa shape index (κ2) is 4.11. The fourth-order valence-corrected chi connectivity index (χ4v) is 1.60. The number of nitrogens with one attached hydrogen (secondary N) is 1. The molecule has 3 nitrogen and oxygen atoms in total. The Morgan fingerprint density at radius 2 is 1.69 bits per heavy atom. The van der Waals surface area contributed by atoms with E-state index in [9.17, 15) is 4.79 Å². The van der Waals surface area contributed by atoms with Crippen molar-refractivity contribution < 1.29 is 4.79 Å². The van der Waals surface area contributed by atoms with Crippen LogP contribution in [0.25, 0.3) is 0 Å². The number of hydrazine groups is 1. The number of allylic oxidation sites excluding steroid dienone is 1. The van der Waals surface area contributed by atoms with Gasteiger partial charge in [0.2, 0.25) is 0 Å². The molecule has 4 heteroatoms. The molecule has 0 atom stereocenters. The van der Waals surface area contributed by atoms with Crippen molar-refractivity contribution in [3.63, 3.8) is 0 Å². The van der Waals surface area contributed by atoms with E-state index in [1.807, 2.05) is 0 Å². The Hall–Kier alpha value is -0.540. The second-order valence-corrected chi connectivity index (χ2v) is 3.70. The molecule has 0 bridgehead atoms. The molecular formula is C9H15ClN2O. The summed E-state index contributed by atoms with van der Waals surface area (Å²) in [5.41, 5.74) is 3.49. The fraction of sp³-hybridized carbons (Fsp3) is 0.667. The normalized spacial score (nSPS) is 20.1. The van der Waals surface area contributed by atoms with Crippen LogP contribution in [-0.2, 0) is 4.79 Å². The van der Waals surface area contributed by atoms with Crippen LogP contribution in [-0.4, -0.2) is 5.91 Å². The molecule has 0 aliphatic heterocycles. The van der Waals surface area contributed by atoms with Crippen LogP contribution >= 0.6 is 12.4 Å². The summed E-state index contributed by atoms with van der Waals surface area (Å²) in [6, 6.07) is 0. The van der Waals surface area contributed by atoms with Crippen molar-refractivity contribution in [3.8, 4) is 0 Å². The Labute approximate surface area is 84.1 Å². The van der Waals surface area contributed by atoms with Crippen molar-refractivity contribution in [1.82, 2.24) is 5.43 Å². The lowest BCUT2D eigenvalue weighted by atomic mass is 10.1. The number of halogens is 1. The molecule has 1 amide bonds. The third kappa shape index (κ3) is 2.71. The quantitative estimate of drug-likeness (QED) is 0.312. The minimum absolute atomic E-state index is 0. The SMILES string of the molecule is Cl.NNC(=O)C=C(C1CC1)C1CC1. The second-order valence-electron chi connectivity index (χ2n) is 3.70. The van der Waals surface area contributed by atoms with Crippen LogP contribution in [0.3, 0.4) is 0 Å². The van der Waals surface area contributed by atoms with E-state index in [1.165, 1.54) is 31.3 Å². The van der Waals surface area contributed by atoms with Crippen LogP contribution in [0.4, 0.5) is 0 Å². The van der Waals surface area contributed by atoms with E-state index in [-0.39, 0.29) is 18.3 Å². The highest BCUT2D eigenvalue weighted by molar-refractivity contribution is 5.88. The maximum atomic E-state index is 11.0. The number of hydrogen-bond acceptors (Lipinski definition) is 2. The number of carbonyl (C=O) groups is 1. The fourth-order valence-electron chi connectivity index (χ4n) is 1.60. The number of carbonyl (C=O) groups excluding carboxylic acids is 1. The maximum Gasteiger partial charge on any atom is 0.257 e. The largest absolute Gasteiger partial charge is 0.291 e. The summed E-state index contributed by atoms with van der Waals surface area (Å²) in [5, 5.41) is 0. The van der Waals surface area contributed by atoms with Gasteiger partial charge in [0.05, 0.1) is 0 Å². The average molecular weight is 203 g/mol. The Morgan fingerprint density at radius 3 is 2.00 bits per heavy atom. The molecular weight excluding hydrogens is 188 g/mol. The Morgan fingerprint density at radius 1 is 1.23 bits per heavy atom. The van der Waals surface area contributed by atoms with Crippen molar-refractivity contribution in [2.24, 2.45) is 17.7 Å². The van der Waals surface area contributed by atoms with Gasteiger partial charge in [-0.25, -0.2) is 5.84 Å². The van der Waals surface area contributed by atoms with E-state index in [1.54, 1.807) is 6.08 Å². The molecule has 0 unspecified atom stereocenters. The molecule has 0 saturated heterocycles. The first-order chi connectivity index (χ1) is 5.81. The zero-order chi connectivity index (χ0) is 8.55. The summed E-state index contributed by atoms with van der Waals surface area (Å²) >= 11 is 0. The first-order valence-corrected chi connectivity index (χ1v) is 4.53. The lowest BCUT2D eigenvalue weighted by Gasteiger charge is -2.01. The van der Waals surface area contributed by atoms with Crippen LogP contribution in [0.5, 0.6) is 0 Å². The zero-order valence-corrected chi connectivity index (χ0v) is 8.27. The van der Waals surface area contributed by atoms with Gasteiger partial charge in [-0.1, -0.05) is 5.57 Å². The Balaban J connectivity index is 0.000000845. The predicted molar refractivity (Wildman–Crippen MR) is 53.1 cm³/mol. The Bertz CT molecular complexity index is 218. The molecule has 74 valence electrons. The molecule has 2 fully saturated rings. The number of amides is 1. The highest BCUT2D eigenvalue weighted by Gasteiger charge is 2.36. The molecule has 2 saturated carbocycles. The number of rotatable bonds is 3. The van der Waals surface area contributed by atoms with Gasteiger partial charge in [0, 0.05) is 6.08 Å². The van der Waals surface area contributed by atoms with Gasteiger partial charge in [-0.2, -0.15) is 0 Å². The van der Waals surface area contributed by atoms with Crippen molar-refractivity contribution in [3.05, 3.63) is 11.6 Å². The smallest absolute Gasteiger partial charge is 0.257 e. The Kier molecular flexibility index (Phi) is 3.33. The van der Waals surface area contributed by atoms with E-state index in [0.717, 1.165) is 0 Å². The van der Waals surface area contributed by atoms with Crippen molar-refractivity contribution in [1.29, 1.82) is 0 Å². The summed E-state index contributed by atoms with van der Waals surface area (Å²) in [6.07, 6.45) is 6.76. The van der Waals surface area contributed by atoms with E-state index in [0.29, 0.717) is 11.8 Å². The van der Waals surface area contributed by atoms with E-state index >= 15 is 0 Å². The van der Waals surface area contributed by atoms with Crippen LogP contribution < -0.4 is 11.3 Å². The van der Waals surface area contributed by atoms with Crippen LogP contribution in [0.1, 0.15) is 25.7 Å².